The van der Waals surface area contributed by atoms with Crippen molar-refractivity contribution in [3.05, 3.63) is 71.5 Å². The first-order valence-corrected chi connectivity index (χ1v) is 12.4. The van der Waals surface area contributed by atoms with Gasteiger partial charge in [0, 0.05) is 56.7 Å². The SMILES string of the molecule is Cc1c(C(=O)N2CCC[C@H]2c2nc(N(C)C)ncc2-c2ccccc2)cccc1N1CCOCC1. The largest absolute Gasteiger partial charge is 0.378 e. The van der Waals surface area contributed by atoms with Gasteiger partial charge in [0.25, 0.3) is 5.91 Å². The normalized spacial score (nSPS) is 18.1. The first-order valence-electron chi connectivity index (χ1n) is 12.4. The summed E-state index contributed by atoms with van der Waals surface area (Å²) in [6.07, 6.45) is 3.74. The second-order valence-corrected chi connectivity index (χ2v) is 9.44. The second-order valence-electron chi connectivity index (χ2n) is 9.44. The summed E-state index contributed by atoms with van der Waals surface area (Å²) >= 11 is 0. The lowest BCUT2D eigenvalue weighted by atomic mass is 9.99. The lowest BCUT2D eigenvalue weighted by Crippen LogP contribution is -2.37. The van der Waals surface area contributed by atoms with Crippen molar-refractivity contribution >= 4 is 17.5 Å². The number of amides is 1. The Morgan fingerprint density at radius 3 is 2.54 bits per heavy atom. The summed E-state index contributed by atoms with van der Waals surface area (Å²) in [6.45, 7) is 5.92. The van der Waals surface area contributed by atoms with E-state index in [1.165, 1.54) is 0 Å². The Hall–Kier alpha value is -3.45. The number of rotatable bonds is 5. The summed E-state index contributed by atoms with van der Waals surface area (Å²) in [5, 5.41) is 0. The maximum atomic E-state index is 14.0. The molecule has 0 bridgehead atoms. The molecule has 3 heterocycles. The first-order chi connectivity index (χ1) is 17.0. The van der Waals surface area contributed by atoms with Gasteiger partial charge < -0.3 is 19.4 Å². The van der Waals surface area contributed by atoms with Crippen LogP contribution in [-0.2, 0) is 4.74 Å². The number of anilines is 2. The summed E-state index contributed by atoms with van der Waals surface area (Å²) < 4.78 is 5.52. The Kier molecular flexibility index (Phi) is 6.68. The van der Waals surface area contributed by atoms with Crippen LogP contribution in [0.4, 0.5) is 11.6 Å². The van der Waals surface area contributed by atoms with E-state index in [2.05, 4.69) is 35.0 Å². The molecule has 0 spiro atoms. The van der Waals surface area contributed by atoms with E-state index in [4.69, 9.17) is 9.72 Å². The first kappa shape index (κ1) is 23.3. The number of hydrogen-bond acceptors (Lipinski definition) is 6. The number of benzene rings is 2. The van der Waals surface area contributed by atoms with Crippen molar-refractivity contribution in [2.45, 2.75) is 25.8 Å². The predicted octanol–water partition coefficient (Wildman–Crippen LogP) is 4.33. The standard InChI is InChI=1S/C28H33N5O2/c1-20-22(11-7-12-24(20)32-15-17-35-18-16-32)27(34)33-14-8-13-25(33)26-23(21-9-5-4-6-10-21)19-29-28(30-26)31(2)3/h4-7,9-12,19,25H,8,13-18H2,1-3H3/t25-/m0/s1. The topological polar surface area (TPSA) is 61.8 Å². The monoisotopic (exact) mass is 471 g/mol. The average Bonchev–Trinajstić information content (AvgIpc) is 3.39. The highest BCUT2D eigenvalue weighted by Gasteiger charge is 2.34. The molecule has 35 heavy (non-hydrogen) atoms. The highest BCUT2D eigenvalue weighted by molar-refractivity contribution is 5.97. The molecule has 7 nitrogen and oxygen atoms in total. The summed E-state index contributed by atoms with van der Waals surface area (Å²) in [4.78, 5) is 29.8. The van der Waals surface area contributed by atoms with Crippen molar-refractivity contribution in [2.24, 2.45) is 0 Å². The molecular weight excluding hydrogens is 438 g/mol. The predicted molar refractivity (Wildman–Crippen MR) is 139 cm³/mol. The minimum Gasteiger partial charge on any atom is -0.378 e. The van der Waals surface area contributed by atoms with Gasteiger partial charge in [-0.3, -0.25) is 4.79 Å². The van der Waals surface area contributed by atoms with Crippen molar-refractivity contribution < 1.29 is 9.53 Å². The fraction of sp³-hybridized carbons (Fsp3) is 0.393. The Bertz CT molecular complexity index is 1190. The smallest absolute Gasteiger partial charge is 0.254 e. The number of nitrogens with zero attached hydrogens (tertiary/aromatic N) is 5. The van der Waals surface area contributed by atoms with E-state index < -0.39 is 0 Å². The Labute approximate surface area is 207 Å². The molecule has 3 aromatic rings. The van der Waals surface area contributed by atoms with Gasteiger partial charge in [-0.1, -0.05) is 36.4 Å². The van der Waals surface area contributed by atoms with Gasteiger partial charge in [0.15, 0.2) is 0 Å². The van der Waals surface area contributed by atoms with Crippen LogP contribution in [0.25, 0.3) is 11.1 Å². The van der Waals surface area contributed by atoms with Crippen molar-refractivity contribution in [1.29, 1.82) is 0 Å². The molecule has 2 saturated heterocycles. The molecule has 1 atom stereocenters. The molecule has 2 aromatic carbocycles. The number of carbonyl (C=O) groups is 1. The van der Waals surface area contributed by atoms with Crippen LogP contribution in [0.5, 0.6) is 0 Å². The van der Waals surface area contributed by atoms with E-state index in [0.717, 1.165) is 79.3 Å². The van der Waals surface area contributed by atoms with Crippen molar-refractivity contribution in [1.82, 2.24) is 14.9 Å². The third-order valence-electron chi connectivity index (χ3n) is 7.01. The second kappa shape index (κ2) is 10.0. The van der Waals surface area contributed by atoms with Crippen LogP contribution in [0.1, 0.15) is 40.5 Å². The number of ether oxygens (including phenoxy) is 1. The average molecular weight is 472 g/mol. The molecule has 0 radical (unpaired) electrons. The lowest BCUT2D eigenvalue weighted by molar-refractivity contribution is 0.0732. The van der Waals surface area contributed by atoms with Gasteiger partial charge in [0.1, 0.15) is 0 Å². The lowest BCUT2D eigenvalue weighted by Gasteiger charge is -2.32. The van der Waals surface area contributed by atoms with Gasteiger partial charge in [0.2, 0.25) is 5.95 Å². The molecule has 182 valence electrons. The van der Waals surface area contributed by atoms with Crippen LogP contribution in [0, 0.1) is 6.92 Å². The molecule has 0 saturated carbocycles. The number of hydrogen-bond donors (Lipinski definition) is 0. The molecule has 0 aliphatic carbocycles. The fourth-order valence-corrected chi connectivity index (χ4v) is 5.15. The number of carbonyl (C=O) groups excluding carboxylic acids is 1. The van der Waals surface area contributed by atoms with E-state index in [1.807, 2.05) is 60.4 Å². The molecule has 0 N–H and O–H groups in total. The van der Waals surface area contributed by atoms with E-state index in [1.54, 1.807) is 0 Å². The van der Waals surface area contributed by atoms with Crippen molar-refractivity contribution in [3.63, 3.8) is 0 Å². The van der Waals surface area contributed by atoms with Gasteiger partial charge in [-0.2, -0.15) is 0 Å². The maximum absolute atomic E-state index is 14.0. The zero-order valence-electron chi connectivity index (χ0n) is 20.8. The molecule has 2 aliphatic rings. The minimum atomic E-state index is -0.0918. The molecule has 2 aliphatic heterocycles. The molecular formula is C28H33N5O2. The fourth-order valence-electron chi connectivity index (χ4n) is 5.15. The van der Waals surface area contributed by atoms with Crippen LogP contribution in [0.3, 0.4) is 0 Å². The van der Waals surface area contributed by atoms with Crippen molar-refractivity contribution in [3.8, 4) is 11.1 Å². The van der Waals surface area contributed by atoms with E-state index >= 15 is 0 Å². The third kappa shape index (κ3) is 4.60. The summed E-state index contributed by atoms with van der Waals surface area (Å²) in [5.74, 6) is 0.730. The van der Waals surface area contributed by atoms with Gasteiger partial charge >= 0.3 is 0 Å². The molecule has 1 amide bonds. The molecule has 2 fully saturated rings. The zero-order valence-corrected chi connectivity index (χ0v) is 20.8. The van der Waals surface area contributed by atoms with E-state index in [-0.39, 0.29) is 11.9 Å². The highest BCUT2D eigenvalue weighted by atomic mass is 16.5. The van der Waals surface area contributed by atoms with Crippen LogP contribution in [-0.4, -0.2) is 67.7 Å². The Morgan fingerprint density at radius 2 is 1.80 bits per heavy atom. The number of aromatic nitrogens is 2. The molecule has 7 heteroatoms. The van der Waals surface area contributed by atoms with Gasteiger partial charge in [-0.25, -0.2) is 9.97 Å². The van der Waals surface area contributed by atoms with Crippen LogP contribution >= 0.6 is 0 Å². The van der Waals surface area contributed by atoms with E-state index in [0.29, 0.717) is 5.95 Å². The van der Waals surface area contributed by atoms with Gasteiger partial charge in [0.05, 0.1) is 24.9 Å². The van der Waals surface area contributed by atoms with Crippen molar-refractivity contribution in [2.75, 3.05) is 56.7 Å². The van der Waals surface area contributed by atoms with Gasteiger partial charge in [-0.15, -0.1) is 0 Å². The zero-order chi connectivity index (χ0) is 24.4. The Balaban J connectivity index is 1.52. The van der Waals surface area contributed by atoms with Gasteiger partial charge in [-0.05, 0) is 43.0 Å². The maximum Gasteiger partial charge on any atom is 0.254 e. The number of morpholine rings is 1. The van der Waals surface area contributed by atoms with Crippen LogP contribution in [0.2, 0.25) is 0 Å². The number of likely N-dealkylation sites (tertiary alicyclic amines) is 1. The molecule has 5 rings (SSSR count). The molecule has 1 aromatic heterocycles. The minimum absolute atomic E-state index is 0.0733. The Morgan fingerprint density at radius 1 is 1.03 bits per heavy atom. The third-order valence-corrected chi connectivity index (χ3v) is 7.01. The summed E-state index contributed by atoms with van der Waals surface area (Å²) in [7, 11) is 3.89. The highest BCUT2D eigenvalue weighted by Crippen LogP contribution is 2.38. The molecule has 0 unspecified atom stereocenters. The van der Waals surface area contributed by atoms with Crippen LogP contribution < -0.4 is 9.80 Å². The van der Waals surface area contributed by atoms with Crippen LogP contribution in [0.15, 0.2) is 54.7 Å². The quantitative estimate of drug-likeness (QED) is 0.552. The summed E-state index contributed by atoms with van der Waals surface area (Å²) in [6, 6.07) is 16.2. The summed E-state index contributed by atoms with van der Waals surface area (Å²) in [5.41, 5.74) is 5.89. The van der Waals surface area contributed by atoms with E-state index in [9.17, 15) is 4.79 Å².